The van der Waals surface area contributed by atoms with Gasteiger partial charge in [-0.1, -0.05) is 161 Å². The zero-order chi connectivity index (χ0) is 45.2. The van der Waals surface area contributed by atoms with Gasteiger partial charge < -0.3 is 19.1 Å². The molecule has 6 aromatic carbocycles. The standard InChI is InChI=1S/C59H59N4O.Pt/c1-56(2,3)43-22-25-53-52(35-43)51-24-23-49(38-54(51)63(53)55-36-44(26-27-60-55)59(10,11)42-20-16-13-17-21-42)64-50-31-41(40-18-14-12-15-19-40)30-47(37-50)61-28-29-62(39-61)48-33-45(57(4,5)6)32-46(34-48)58(7,8)9;/h12-36,39H,1-11H3;/q-3;. The summed E-state index contributed by atoms with van der Waals surface area (Å²) in [7, 11) is 0. The molecule has 65 heavy (non-hydrogen) atoms. The molecule has 5 nitrogen and oxygen atoms in total. The van der Waals surface area contributed by atoms with Crippen molar-refractivity contribution in [3.05, 3.63) is 199 Å². The predicted octanol–water partition coefficient (Wildman–Crippen LogP) is 15.4. The number of pyridine rings is 1. The Morgan fingerprint density at radius 2 is 1.15 bits per heavy atom. The molecule has 0 fully saturated rings. The third kappa shape index (κ3) is 9.18. The van der Waals surface area contributed by atoms with Crippen LogP contribution in [0.1, 0.15) is 104 Å². The van der Waals surface area contributed by atoms with E-state index < -0.39 is 0 Å². The van der Waals surface area contributed by atoms with Crippen molar-refractivity contribution in [2.75, 3.05) is 9.80 Å². The molecule has 9 rings (SSSR count). The van der Waals surface area contributed by atoms with Gasteiger partial charge in [-0.15, -0.1) is 53.6 Å². The molecule has 0 saturated heterocycles. The Morgan fingerprint density at radius 1 is 0.508 bits per heavy atom. The van der Waals surface area contributed by atoms with Gasteiger partial charge in [0.15, 0.2) is 0 Å². The third-order valence-corrected chi connectivity index (χ3v) is 12.7. The number of fused-ring (bicyclic) bond motifs is 3. The van der Waals surface area contributed by atoms with Gasteiger partial charge in [0.2, 0.25) is 0 Å². The molecule has 6 heteroatoms. The second-order valence-corrected chi connectivity index (χ2v) is 20.9. The van der Waals surface area contributed by atoms with Gasteiger partial charge in [-0.3, -0.25) is 0 Å². The number of hydrogen-bond acceptors (Lipinski definition) is 4. The number of nitrogens with zero attached hydrogens (tertiary/aromatic N) is 4. The number of benzene rings is 6. The van der Waals surface area contributed by atoms with Gasteiger partial charge in [0.05, 0.1) is 0 Å². The summed E-state index contributed by atoms with van der Waals surface area (Å²) in [5, 5.41) is 2.25. The normalized spacial score (nSPS) is 13.5. The fraction of sp³-hybridized carbons (Fsp3) is 0.254. The van der Waals surface area contributed by atoms with E-state index in [-0.39, 0.29) is 42.7 Å². The summed E-state index contributed by atoms with van der Waals surface area (Å²) in [6.45, 7) is 27.1. The van der Waals surface area contributed by atoms with Crippen molar-refractivity contribution in [3.8, 4) is 28.4 Å². The molecule has 2 aromatic heterocycles. The van der Waals surface area contributed by atoms with Crippen LogP contribution >= 0.6 is 0 Å². The van der Waals surface area contributed by atoms with Crippen molar-refractivity contribution in [1.29, 1.82) is 0 Å². The summed E-state index contributed by atoms with van der Waals surface area (Å²) in [5.41, 5.74) is 12.2. The summed E-state index contributed by atoms with van der Waals surface area (Å²) in [5.74, 6) is 2.03. The van der Waals surface area contributed by atoms with Crippen molar-refractivity contribution >= 4 is 33.2 Å². The minimum Gasteiger partial charge on any atom is -0.509 e. The molecule has 0 saturated carbocycles. The average Bonchev–Trinajstić information content (AvgIpc) is 3.89. The Morgan fingerprint density at radius 3 is 1.82 bits per heavy atom. The van der Waals surface area contributed by atoms with Gasteiger partial charge in [0.25, 0.3) is 0 Å². The molecule has 334 valence electrons. The van der Waals surface area contributed by atoms with E-state index in [0.29, 0.717) is 11.5 Å². The fourth-order valence-corrected chi connectivity index (χ4v) is 8.55. The quantitative estimate of drug-likeness (QED) is 0.142. The summed E-state index contributed by atoms with van der Waals surface area (Å²) < 4.78 is 9.08. The maximum absolute atomic E-state index is 6.84. The molecule has 0 spiro atoms. The molecule has 8 aromatic rings. The van der Waals surface area contributed by atoms with E-state index in [9.17, 15) is 0 Å². The van der Waals surface area contributed by atoms with E-state index in [2.05, 4.69) is 243 Å². The first kappa shape index (κ1) is 45.7. The molecule has 3 heterocycles. The topological polar surface area (TPSA) is 33.5 Å². The van der Waals surface area contributed by atoms with Crippen LogP contribution in [0.5, 0.6) is 11.5 Å². The first-order chi connectivity index (χ1) is 30.3. The molecular formula is C59H59N4OPt-3. The maximum atomic E-state index is 6.84. The second-order valence-electron chi connectivity index (χ2n) is 20.9. The summed E-state index contributed by atoms with van der Waals surface area (Å²) >= 11 is 0. The first-order valence-corrected chi connectivity index (χ1v) is 22.4. The van der Waals surface area contributed by atoms with E-state index in [1.54, 1.807) is 0 Å². The number of aromatic nitrogens is 2. The van der Waals surface area contributed by atoms with E-state index in [1.165, 1.54) is 27.8 Å². The van der Waals surface area contributed by atoms with Gasteiger partial charge in [-0.2, -0.15) is 6.07 Å². The van der Waals surface area contributed by atoms with Crippen LogP contribution in [-0.2, 0) is 42.7 Å². The van der Waals surface area contributed by atoms with Crippen molar-refractivity contribution < 1.29 is 25.8 Å². The van der Waals surface area contributed by atoms with Gasteiger partial charge in [0.1, 0.15) is 5.82 Å². The van der Waals surface area contributed by atoms with Gasteiger partial charge in [-0.25, -0.2) is 4.98 Å². The van der Waals surface area contributed by atoms with Crippen molar-refractivity contribution in [2.24, 2.45) is 0 Å². The summed E-state index contributed by atoms with van der Waals surface area (Å²) in [6.07, 6.45) is 6.14. The van der Waals surface area contributed by atoms with Crippen LogP contribution < -0.4 is 14.5 Å². The van der Waals surface area contributed by atoms with Crippen LogP contribution in [0.3, 0.4) is 0 Å². The van der Waals surface area contributed by atoms with E-state index in [0.717, 1.165) is 50.1 Å². The zero-order valence-electron chi connectivity index (χ0n) is 39.5. The Hall–Kier alpha value is -5.90. The minimum absolute atomic E-state index is 0. The molecular weight excluding hydrogens is 976 g/mol. The van der Waals surface area contributed by atoms with Crippen molar-refractivity contribution in [2.45, 2.75) is 97.8 Å². The van der Waals surface area contributed by atoms with Gasteiger partial charge in [-0.05, 0) is 97.7 Å². The van der Waals surface area contributed by atoms with Gasteiger partial charge in [0, 0.05) is 55.4 Å². The molecule has 0 unspecified atom stereocenters. The van der Waals surface area contributed by atoms with E-state index in [4.69, 9.17) is 9.72 Å². The van der Waals surface area contributed by atoms with Crippen LogP contribution in [0.4, 0.5) is 11.4 Å². The van der Waals surface area contributed by atoms with Crippen LogP contribution in [0.15, 0.2) is 152 Å². The zero-order valence-corrected chi connectivity index (χ0v) is 41.8. The number of hydrogen-bond donors (Lipinski definition) is 0. The number of anilines is 2. The Balaban J connectivity index is 0.00000576. The Bertz CT molecular complexity index is 3000. The maximum Gasteiger partial charge on any atom is 0.135 e. The van der Waals surface area contributed by atoms with Gasteiger partial charge >= 0.3 is 0 Å². The molecule has 1 aliphatic heterocycles. The summed E-state index contributed by atoms with van der Waals surface area (Å²) in [4.78, 5) is 9.33. The fourth-order valence-electron chi connectivity index (χ4n) is 8.55. The van der Waals surface area contributed by atoms with E-state index in [1.807, 2.05) is 18.3 Å². The van der Waals surface area contributed by atoms with Crippen LogP contribution in [0, 0.1) is 18.8 Å². The smallest absolute Gasteiger partial charge is 0.135 e. The molecule has 0 radical (unpaired) electrons. The minimum atomic E-state index is -0.239. The van der Waals surface area contributed by atoms with Crippen LogP contribution in [0.25, 0.3) is 38.8 Å². The Kier molecular flexibility index (Phi) is 12.0. The van der Waals surface area contributed by atoms with Crippen LogP contribution in [0.2, 0.25) is 0 Å². The summed E-state index contributed by atoms with van der Waals surface area (Å²) in [6, 6.07) is 55.1. The Labute approximate surface area is 401 Å². The molecule has 0 aliphatic carbocycles. The molecule has 0 N–H and O–H groups in total. The number of rotatable bonds is 8. The molecule has 0 atom stereocenters. The first-order valence-electron chi connectivity index (χ1n) is 22.4. The van der Waals surface area contributed by atoms with E-state index >= 15 is 0 Å². The second kappa shape index (κ2) is 17.1. The van der Waals surface area contributed by atoms with Crippen molar-refractivity contribution in [1.82, 2.24) is 9.55 Å². The SMILES string of the molecule is CC(C)(C)c1cc(N2C=CN(c3[c-]c(Oc4[c-]c5c(cc4)c4cc(C(C)(C)C)ccc4n5-c4cc(C(C)(C)c5ccccc5)ccn4)cc(-c4ccccc4)c3)[CH-]2)cc(C(C)(C)C)c1.[Pt]. The molecule has 1 aliphatic rings. The molecule has 0 bridgehead atoms. The largest absolute Gasteiger partial charge is 0.509 e. The number of ether oxygens (including phenoxy) is 1. The third-order valence-electron chi connectivity index (χ3n) is 12.7. The molecule has 0 amide bonds. The monoisotopic (exact) mass is 1030 g/mol. The predicted molar refractivity (Wildman–Crippen MR) is 268 cm³/mol. The van der Waals surface area contributed by atoms with Crippen LogP contribution in [-0.4, -0.2) is 9.55 Å². The average molecular weight is 1040 g/mol. The van der Waals surface area contributed by atoms with Crippen molar-refractivity contribution in [3.63, 3.8) is 0 Å².